The molecule has 25 heavy (non-hydrogen) atoms. The molecular weight excluding hydrogens is 314 g/mol. The van der Waals surface area contributed by atoms with E-state index < -0.39 is 0 Å². The minimum Gasteiger partial charge on any atom is -0.345 e. The molecular formula is C20H35N3O2. The molecule has 142 valence electrons. The van der Waals surface area contributed by atoms with Crippen molar-refractivity contribution in [1.29, 1.82) is 0 Å². The van der Waals surface area contributed by atoms with Crippen molar-refractivity contribution >= 4 is 11.8 Å². The average molecular weight is 350 g/mol. The molecule has 2 saturated heterocycles. The maximum absolute atomic E-state index is 12.7. The number of carbonyl (C=O) groups is 2. The molecule has 0 radical (unpaired) electrons. The standard InChI is InChI=1S/C20H35N3O2/c1-3-4-11-21(2)19(24)17-6-5-12-23(15-17)18-9-13-22(14-10-18)20(25)16-7-8-16/h16-18H,3-15H2,1-2H3/t17-/m1/s1. The van der Waals surface area contributed by atoms with Crippen LogP contribution in [0.25, 0.3) is 0 Å². The van der Waals surface area contributed by atoms with Gasteiger partial charge in [0.15, 0.2) is 0 Å². The summed E-state index contributed by atoms with van der Waals surface area (Å²) in [6, 6.07) is 0.555. The minimum atomic E-state index is 0.168. The number of amides is 2. The molecule has 0 aromatic heterocycles. The van der Waals surface area contributed by atoms with Gasteiger partial charge in [-0.25, -0.2) is 0 Å². The van der Waals surface area contributed by atoms with Gasteiger partial charge >= 0.3 is 0 Å². The fraction of sp³-hybridized carbons (Fsp3) is 0.900. The topological polar surface area (TPSA) is 43.9 Å². The van der Waals surface area contributed by atoms with Crippen LogP contribution in [0, 0.1) is 11.8 Å². The number of unbranched alkanes of at least 4 members (excludes halogenated alkanes) is 1. The quantitative estimate of drug-likeness (QED) is 0.739. The third kappa shape index (κ3) is 4.75. The molecule has 5 heteroatoms. The second-order valence-electron chi connectivity index (χ2n) is 8.28. The van der Waals surface area contributed by atoms with Gasteiger partial charge in [-0.3, -0.25) is 14.5 Å². The van der Waals surface area contributed by atoms with Crippen molar-refractivity contribution < 1.29 is 9.59 Å². The highest BCUT2D eigenvalue weighted by Crippen LogP contribution is 2.32. The highest BCUT2D eigenvalue weighted by molar-refractivity contribution is 5.81. The minimum absolute atomic E-state index is 0.168. The third-order valence-electron chi connectivity index (χ3n) is 6.24. The first-order chi connectivity index (χ1) is 12.1. The Morgan fingerprint density at radius 3 is 2.36 bits per heavy atom. The number of hydrogen-bond acceptors (Lipinski definition) is 3. The van der Waals surface area contributed by atoms with E-state index >= 15 is 0 Å². The number of rotatable bonds is 6. The Hall–Kier alpha value is -1.10. The van der Waals surface area contributed by atoms with Crippen LogP contribution in [0.5, 0.6) is 0 Å². The molecule has 1 atom stereocenters. The monoisotopic (exact) mass is 349 g/mol. The molecule has 3 fully saturated rings. The number of piperidine rings is 2. The Bertz CT molecular complexity index is 470. The van der Waals surface area contributed by atoms with Crippen LogP contribution in [0.4, 0.5) is 0 Å². The second-order valence-corrected chi connectivity index (χ2v) is 8.28. The lowest BCUT2D eigenvalue weighted by Crippen LogP contribution is -2.51. The van der Waals surface area contributed by atoms with Gasteiger partial charge in [-0.05, 0) is 51.5 Å². The SMILES string of the molecule is CCCCN(C)C(=O)[C@@H]1CCCN(C2CCN(C(=O)C3CC3)CC2)C1. The summed E-state index contributed by atoms with van der Waals surface area (Å²) in [5.74, 6) is 1.23. The highest BCUT2D eigenvalue weighted by atomic mass is 16.2. The molecule has 0 aromatic carbocycles. The Morgan fingerprint density at radius 1 is 1.00 bits per heavy atom. The van der Waals surface area contributed by atoms with E-state index in [1.807, 2.05) is 11.9 Å². The lowest BCUT2D eigenvalue weighted by molar-refractivity contribution is -0.136. The van der Waals surface area contributed by atoms with Crippen molar-refractivity contribution in [1.82, 2.24) is 14.7 Å². The highest BCUT2D eigenvalue weighted by Gasteiger charge is 2.37. The zero-order valence-electron chi connectivity index (χ0n) is 16.1. The van der Waals surface area contributed by atoms with E-state index in [4.69, 9.17) is 0 Å². The normalized spacial score (nSPS) is 25.8. The predicted molar refractivity (Wildman–Crippen MR) is 99.2 cm³/mol. The van der Waals surface area contributed by atoms with Crippen LogP contribution >= 0.6 is 0 Å². The predicted octanol–water partition coefficient (Wildman–Crippen LogP) is 2.36. The Balaban J connectivity index is 1.46. The number of hydrogen-bond donors (Lipinski definition) is 0. The fourth-order valence-corrected chi connectivity index (χ4v) is 4.40. The summed E-state index contributed by atoms with van der Waals surface area (Å²) < 4.78 is 0. The molecule has 0 unspecified atom stereocenters. The first kappa shape index (κ1) is 18.7. The van der Waals surface area contributed by atoms with E-state index in [0.717, 1.165) is 84.1 Å². The smallest absolute Gasteiger partial charge is 0.226 e. The summed E-state index contributed by atoms with van der Waals surface area (Å²) in [7, 11) is 1.96. The van der Waals surface area contributed by atoms with E-state index in [0.29, 0.717) is 23.8 Å². The summed E-state index contributed by atoms with van der Waals surface area (Å²) in [6.07, 6.45) is 8.72. The van der Waals surface area contributed by atoms with Gasteiger partial charge in [0, 0.05) is 45.2 Å². The van der Waals surface area contributed by atoms with Gasteiger partial charge in [-0.1, -0.05) is 13.3 Å². The van der Waals surface area contributed by atoms with Crippen molar-refractivity contribution in [3.05, 3.63) is 0 Å². The first-order valence-corrected chi connectivity index (χ1v) is 10.4. The van der Waals surface area contributed by atoms with Crippen molar-refractivity contribution in [2.45, 2.75) is 64.3 Å². The van der Waals surface area contributed by atoms with Crippen molar-refractivity contribution in [3.8, 4) is 0 Å². The Labute approximate surface area is 152 Å². The molecule has 1 saturated carbocycles. The van der Waals surface area contributed by atoms with Crippen LogP contribution in [-0.2, 0) is 9.59 Å². The van der Waals surface area contributed by atoms with Crippen molar-refractivity contribution in [3.63, 3.8) is 0 Å². The summed E-state index contributed by atoms with van der Waals surface area (Å²) >= 11 is 0. The van der Waals surface area contributed by atoms with Crippen LogP contribution < -0.4 is 0 Å². The number of carbonyl (C=O) groups excluding carboxylic acids is 2. The maximum atomic E-state index is 12.7. The van der Waals surface area contributed by atoms with E-state index in [1.54, 1.807) is 0 Å². The van der Waals surface area contributed by atoms with Crippen LogP contribution in [0.15, 0.2) is 0 Å². The molecule has 0 bridgehead atoms. The van der Waals surface area contributed by atoms with Crippen LogP contribution in [-0.4, -0.2) is 72.3 Å². The van der Waals surface area contributed by atoms with Gasteiger partial charge in [-0.2, -0.15) is 0 Å². The largest absolute Gasteiger partial charge is 0.345 e. The summed E-state index contributed by atoms with van der Waals surface area (Å²) in [5.41, 5.74) is 0. The van der Waals surface area contributed by atoms with Crippen LogP contribution in [0.3, 0.4) is 0 Å². The van der Waals surface area contributed by atoms with Gasteiger partial charge in [0.25, 0.3) is 0 Å². The Kier molecular flexibility index (Phi) is 6.37. The molecule has 5 nitrogen and oxygen atoms in total. The van der Waals surface area contributed by atoms with Gasteiger partial charge in [0.2, 0.25) is 11.8 Å². The van der Waals surface area contributed by atoms with Gasteiger partial charge in [0.05, 0.1) is 5.92 Å². The molecule has 2 aliphatic heterocycles. The van der Waals surface area contributed by atoms with E-state index in [9.17, 15) is 9.59 Å². The van der Waals surface area contributed by atoms with Crippen molar-refractivity contribution in [2.24, 2.45) is 11.8 Å². The number of nitrogens with zero attached hydrogens (tertiary/aromatic N) is 3. The van der Waals surface area contributed by atoms with Crippen molar-refractivity contribution in [2.75, 3.05) is 39.8 Å². The average Bonchev–Trinajstić information content (AvgIpc) is 3.50. The zero-order chi connectivity index (χ0) is 17.8. The van der Waals surface area contributed by atoms with Gasteiger partial charge in [-0.15, -0.1) is 0 Å². The third-order valence-corrected chi connectivity index (χ3v) is 6.24. The molecule has 2 amide bonds. The van der Waals surface area contributed by atoms with E-state index in [1.165, 1.54) is 0 Å². The molecule has 0 spiro atoms. The van der Waals surface area contributed by atoms with E-state index in [-0.39, 0.29) is 5.92 Å². The number of likely N-dealkylation sites (tertiary alicyclic amines) is 2. The fourth-order valence-electron chi connectivity index (χ4n) is 4.40. The summed E-state index contributed by atoms with van der Waals surface area (Å²) in [6.45, 7) is 6.89. The van der Waals surface area contributed by atoms with Crippen LogP contribution in [0.1, 0.15) is 58.3 Å². The summed E-state index contributed by atoms with van der Waals surface area (Å²) in [5, 5.41) is 0. The maximum Gasteiger partial charge on any atom is 0.226 e. The van der Waals surface area contributed by atoms with Gasteiger partial charge in [0.1, 0.15) is 0 Å². The van der Waals surface area contributed by atoms with E-state index in [2.05, 4.69) is 16.7 Å². The zero-order valence-corrected chi connectivity index (χ0v) is 16.1. The molecule has 0 aromatic rings. The lowest BCUT2D eigenvalue weighted by Gasteiger charge is -2.42. The molecule has 1 aliphatic carbocycles. The van der Waals surface area contributed by atoms with Crippen LogP contribution in [0.2, 0.25) is 0 Å². The molecule has 3 aliphatic rings. The molecule has 0 N–H and O–H groups in total. The summed E-state index contributed by atoms with van der Waals surface area (Å²) in [4.78, 5) is 31.5. The van der Waals surface area contributed by atoms with Gasteiger partial charge < -0.3 is 9.80 Å². The molecule has 2 heterocycles. The molecule has 3 rings (SSSR count). The first-order valence-electron chi connectivity index (χ1n) is 10.4. The lowest BCUT2D eigenvalue weighted by atomic mass is 9.92. The second kappa shape index (κ2) is 8.52. The Morgan fingerprint density at radius 2 is 1.72 bits per heavy atom.